The van der Waals surface area contributed by atoms with E-state index in [-0.39, 0.29) is 4.25 Å². The van der Waals surface area contributed by atoms with Gasteiger partial charge in [-0.25, -0.2) is 0 Å². The second-order valence-electron chi connectivity index (χ2n) is 5.00. The number of benzene rings is 3. The Labute approximate surface area is 128 Å². The van der Waals surface area contributed by atoms with Crippen LogP contribution in [0.15, 0.2) is 91.0 Å². The van der Waals surface area contributed by atoms with Gasteiger partial charge in [-0.15, -0.1) is 0 Å². The Morgan fingerprint density at radius 2 is 0.700 bits per heavy atom. The Morgan fingerprint density at radius 3 is 0.950 bits per heavy atom. The van der Waals surface area contributed by atoms with Crippen LogP contribution in [0.3, 0.4) is 0 Å². The molecule has 0 saturated carbocycles. The Morgan fingerprint density at radius 1 is 0.450 bits per heavy atom. The maximum atomic E-state index is 2.24. The third-order valence-electron chi connectivity index (χ3n) is 3.80. The zero-order valence-electron chi connectivity index (χ0n) is 11.4. The molecule has 0 spiro atoms. The number of hydrogen-bond acceptors (Lipinski definition) is 0. The Kier molecular flexibility index (Phi) is 3.75. The molecule has 0 aliphatic rings. The van der Waals surface area contributed by atoms with Crippen molar-refractivity contribution < 1.29 is 0 Å². The van der Waals surface area contributed by atoms with Gasteiger partial charge < -0.3 is 0 Å². The summed E-state index contributed by atoms with van der Waals surface area (Å²) in [5, 5.41) is 0. The molecule has 1 radical (unpaired) electrons. The molecule has 0 amide bonds. The van der Waals surface area contributed by atoms with Crippen LogP contribution in [0.25, 0.3) is 0 Å². The second kappa shape index (κ2) is 5.68. The van der Waals surface area contributed by atoms with E-state index in [4.69, 9.17) is 0 Å². The van der Waals surface area contributed by atoms with Crippen LogP contribution in [0.2, 0.25) is 0 Å². The molecule has 0 saturated heterocycles. The van der Waals surface area contributed by atoms with E-state index in [2.05, 4.69) is 91.0 Å². The molecule has 0 N–H and O–H groups in total. The molecule has 0 aliphatic heterocycles. The predicted octanol–water partition coefficient (Wildman–Crippen LogP) is 3.61. The third-order valence-corrected chi connectivity index (χ3v) is 6.37. The summed E-state index contributed by atoms with van der Waals surface area (Å²) < 4.78 is 0.00375. The minimum atomic E-state index is 0.00375. The van der Waals surface area contributed by atoms with Crippen LogP contribution in [0.1, 0.15) is 16.7 Å². The van der Waals surface area contributed by atoms with E-state index in [9.17, 15) is 0 Å². The van der Waals surface area contributed by atoms with Crippen molar-refractivity contribution in [1.82, 2.24) is 0 Å². The minimum absolute atomic E-state index is 0.00375. The molecule has 0 aliphatic carbocycles. The van der Waals surface area contributed by atoms with Gasteiger partial charge in [0.05, 0.1) is 0 Å². The summed E-state index contributed by atoms with van der Waals surface area (Å²) >= 11 is 1.16. The van der Waals surface area contributed by atoms with Crippen molar-refractivity contribution in [1.29, 1.82) is 0 Å². The average molecular weight is 318 g/mol. The topological polar surface area (TPSA) is 0 Å². The van der Waals surface area contributed by atoms with Crippen molar-refractivity contribution in [2.45, 2.75) is 4.25 Å². The summed E-state index contributed by atoms with van der Waals surface area (Å²) in [4.78, 5) is 0. The van der Waals surface area contributed by atoms with Gasteiger partial charge in [0.1, 0.15) is 0 Å². The molecule has 0 atom stereocenters. The first kappa shape index (κ1) is 13.2. The molecular formula is C19H17Ge. The van der Waals surface area contributed by atoms with E-state index in [1.54, 1.807) is 0 Å². The summed E-state index contributed by atoms with van der Waals surface area (Å²) in [6.07, 6.45) is 0. The van der Waals surface area contributed by atoms with E-state index in [1.165, 1.54) is 16.7 Å². The van der Waals surface area contributed by atoms with Crippen LogP contribution in [-0.2, 0) is 4.25 Å². The SMILES string of the molecule is [GeH2][C](c1ccccc1)(c1ccccc1)c1ccccc1. The normalized spacial score (nSPS) is 11.2. The van der Waals surface area contributed by atoms with E-state index >= 15 is 0 Å². The summed E-state index contributed by atoms with van der Waals surface area (Å²) in [5.74, 6) is 0. The van der Waals surface area contributed by atoms with E-state index in [1.807, 2.05) is 0 Å². The van der Waals surface area contributed by atoms with Crippen LogP contribution in [-0.4, -0.2) is 16.5 Å². The molecule has 0 heterocycles. The van der Waals surface area contributed by atoms with Gasteiger partial charge in [0, 0.05) is 0 Å². The van der Waals surface area contributed by atoms with Gasteiger partial charge in [0.25, 0.3) is 0 Å². The van der Waals surface area contributed by atoms with Crippen molar-refractivity contribution in [3.8, 4) is 0 Å². The predicted molar refractivity (Wildman–Crippen MR) is 87.8 cm³/mol. The quantitative estimate of drug-likeness (QED) is 0.511. The molecule has 0 aromatic heterocycles. The monoisotopic (exact) mass is 319 g/mol. The van der Waals surface area contributed by atoms with Crippen molar-refractivity contribution in [2.24, 2.45) is 0 Å². The van der Waals surface area contributed by atoms with Crippen LogP contribution in [0, 0.1) is 0 Å². The van der Waals surface area contributed by atoms with E-state index in [0.29, 0.717) is 0 Å². The third kappa shape index (κ3) is 2.32. The molecular weight excluding hydrogens is 301 g/mol. The molecule has 0 unspecified atom stereocenters. The first-order valence-corrected chi connectivity index (χ1v) is 8.32. The van der Waals surface area contributed by atoms with E-state index in [0.717, 1.165) is 16.5 Å². The van der Waals surface area contributed by atoms with Crippen molar-refractivity contribution in [3.63, 3.8) is 0 Å². The summed E-state index contributed by atoms with van der Waals surface area (Å²) in [6.45, 7) is 0. The fraction of sp³-hybridized carbons (Fsp3) is 0.0526. The maximum absolute atomic E-state index is 2.24. The molecule has 0 nitrogen and oxygen atoms in total. The molecule has 0 fully saturated rings. The van der Waals surface area contributed by atoms with Crippen LogP contribution >= 0.6 is 0 Å². The van der Waals surface area contributed by atoms with Gasteiger partial charge in [0.15, 0.2) is 0 Å². The van der Waals surface area contributed by atoms with Gasteiger partial charge in [-0.05, 0) is 0 Å². The zero-order chi connectivity index (χ0) is 13.8. The second-order valence-corrected chi connectivity index (χ2v) is 7.23. The standard InChI is InChI=1S/C19H17Ge/c20-19(16-10-4-1-5-11-16,17-12-6-2-7-13-17)18-14-8-3-9-15-18/h1-15H,20H2. The molecule has 1 heteroatoms. The Balaban J connectivity index is 2.24. The summed E-state index contributed by atoms with van der Waals surface area (Å²) in [5.41, 5.74) is 4.12. The Hall–Kier alpha value is -1.80. The fourth-order valence-corrected chi connectivity index (χ4v) is 4.15. The molecule has 3 rings (SSSR count). The summed E-state index contributed by atoms with van der Waals surface area (Å²) in [6, 6.07) is 32.5. The van der Waals surface area contributed by atoms with Crippen LogP contribution < -0.4 is 0 Å². The van der Waals surface area contributed by atoms with Gasteiger partial charge >= 0.3 is 128 Å². The molecule has 3 aromatic carbocycles. The van der Waals surface area contributed by atoms with Crippen LogP contribution in [0.5, 0.6) is 0 Å². The zero-order valence-corrected chi connectivity index (χ0v) is 14.3. The van der Waals surface area contributed by atoms with Gasteiger partial charge in [0.2, 0.25) is 0 Å². The van der Waals surface area contributed by atoms with E-state index < -0.39 is 0 Å². The average Bonchev–Trinajstić information content (AvgIpc) is 2.56. The van der Waals surface area contributed by atoms with Crippen molar-refractivity contribution in [3.05, 3.63) is 108 Å². The molecule has 97 valence electrons. The van der Waals surface area contributed by atoms with Gasteiger partial charge in [-0.3, -0.25) is 0 Å². The van der Waals surface area contributed by atoms with Gasteiger partial charge in [-0.2, -0.15) is 0 Å². The fourth-order valence-electron chi connectivity index (χ4n) is 2.67. The van der Waals surface area contributed by atoms with Crippen molar-refractivity contribution in [2.75, 3.05) is 0 Å². The summed E-state index contributed by atoms with van der Waals surface area (Å²) in [7, 11) is 0. The first-order valence-electron chi connectivity index (χ1n) is 6.84. The van der Waals surface area contributed by atoms with Gasteiger partial charge in [-0.1, -0.05) is 0 Å². The van der Waals surface area contributed by atoms with Crippen molar-refractivity contribution >= 4 is 16.5 Å². The molecule has 20 heavy (non-hydrogen) atoms. The molecule has 0 bridgehead atoms. The Bertz CT molecular complexity index is 563. The first-order chi connectivity index (χ1) is 9.82. The molecule has 3 aromatic rings. The number of hydrogen-bond donors (Lipinski definition) is 0. The van der Waals surface area contributed by atoms with Crippen LogP contribution in [0.4, 0.5) is 0 Å². The number of rotatable bonds is 3.